The molecule has 0 aliphatic carbocycles. The molecule has 8 heteroatoms. The minimum atomic E-state index is -0.253. The quantitative estimate of drug-likeness (QED) is 0.415. The molecule has 7 nitrogen and oxygen atoms in total. The Hall–Kier alpha value is -1.15. The van der Waals surface area contributed by atoms with E-state index in [1.807, 2.05) is 20.8 Å². The van der Waals surface area contributed by atoms with E-state index in [1.165, 1.54) is 11.8 Å². The summed E-state index contributed by atoms with van der Waals surface area (Å²) in [7, 11) is 0. The Balaban J connectivity index is 2.37. The first-order chi connectivity index (χ1) is 8.63. The molecule has 0 fully saturated rings. The van der Waals surface area contributed by atoms with Gasteiger partial charge in [0.25, 0.3) is 0 Å². The van der Waals surface area contributed by atoms with Crippen molar-refractivity contribution in [3.63, 3.8) is 0 Å². The van der Waals surface area contributed by atoms with Crippen molar-refractivity contribution >= 4 is 17.7 Å². The van der Waals surface area contributed by atoms with E-state index >= 15 is 0 Å². The number of tetrazole rings is 1. The molecule has 0 saturated carbocycles. The first-order valence-corrected chi connectivity index (χ1v) is 6.91. The number of nitrogens with zero attached hydrogens (tertiary/aromatic N) is 4. The van der Waals surface area contributed by atoms with Gasteiger partial charge in [0.1, 0.15) is 0 Å². The number of likely N-dealkylation sites (N-methyl/N-ethyl adjacent to an activating group) is 1. The second-order valence-corrected chi connectivity index (χ2v) is 4.81. The predicted octanol–water partition coefficient (Wildman–Crippen LogP) is 0.326. The fourth-order valence-electron chi connectivity index (χ4n) is 1.22. The van der Waals surface area contributed by atoms with E-state index < -0.39 is 0 Å². The summed E-state index contributed by atoms with van der Waals surface area (Å²) in [6.45, 7) is 8.07. The number of rotatable bonds is 8. The third-order valence-electron chi connectivity index (χ3n) is 1.94. The van der Waals surface area contributed by atoms with E-state index in [0.29, 0.717) is 11.7 Å². The summed E-state index contributed by atoms with van der Waals surface area (Å²) in [6, 6.07) is 0. The number of carbonyl (C=O) groups excluding carboxylic acids is 1. The summed E-state index contributed by atoms with van der Waals surface area (Å²) in [6.07, 6.45) is -0.0946. The minimum absolute atomic E-state index is 0.0946. The highest BCUT2D eigenvalue weighted by molar-refractivity contribution is 7.99. The Morgan fingerprint density at radius 1 is 1.56 bits per heavy atom. The van der Waals surface area contributed by atoms with Crippen molar-refractivity contribution in [2.45, 2.75) is 38.6 Å². The summed E-state index contributed by atoms with van der Waals surface area (Å²) in [5.41, 5.74) is 0. The van der Waals surface area contributed by atoms with Crippen LogP contribution >= 0.6 is 11.8 Å². The summed E-state index contributed by atoms with van der Waals surface area (Å²) < 4.78 is 6.71. The average Bonchev–Trinajstić information content (AvgIpc) is 2.73. The van der Waals surface area contributed by atoms with Crippen LogP contribution in [0.1, 0.15) is 20.8 Å². The second-order valence-electron chi connectivity index (χ2n) is 3.87. The van der Waals surface area contributed by atoms with Gasteiger partial charge in [-0.25, -0.2) is 4.68 Å². The van der Waals surface area contributed by atoms with E-state index in [4.69, 9.17) is 4.74 Å². The van der Waals surface area contributed by atoms with Gasteiger partial charge in [-0.1, -0.05) is 18.7 Å². The first-order valence-electron chi connectivity index (χ1n) is 5.92. The molecule has 1 N–H and O–H groups in total. The van der Waals surface area contributed by atoms with E-state index in [-0.39, 0.29) is 17.8 Å². The lowest BCUT2D eigenvalue weighted by atomic mass is 10.5. The molecular weight excluding hydrogens is 254 g/mol. The van der Waals surface area contributed by atoms with Crippen LogP contribution in [0.5, 0.6) is 0 Å². The maximum atomic E-state index is 11.4. The highest BCUT2D eigenvalue weighted by Gasteiger charge is 2.11. The normalized spacial score (nSPS) is 10.9. The molecule has 102 valence electrons. The molecule has 0 spiro atoms. The van der Waals surface area contributed by atoms with E-state index in [1.54, 1.807) is 4.68 Å². The number of ether oxygens (including phenoxy) is 1. The largest absolute Gasteiger partial charge is 0.462 e. The molecule has 0 radical (unpaired) electrons. The molecule has 0 aromatic carbocycles. The van der Waals surface area contributed by atoms with Crippen molar-refractivity contribution in [3.8, 4) is 0 Å². The van der Waals surface area contributed by atoms with Gasteiger partial charge in [-0.3, -0.25) is 4.79 Å². The Morgan fingerprint density at radius 3 is 3.00 bits per heavy atom. The van der Waals surface area contributed by atoms with Gasteiger partial charge in [-0.2, -0.15) is 0 Å². The molecule has 0 atom stereocenters. The topological polar surface area (TPSA) is 81.9 Å². The molecule has 18 heavy (non-hydrogen) atoms. The monoisotopic (exact) mass is 273 g/mol. The van der Waals surface area contributed by atoms with Gasteiger partial charge < -0.3 is 10.1 Å². The molecule has 0 amide bonds. The summed E-state index contributed by atoms with van der Waals surface area (Å²) in [4.78, 5) is 11.4. The molecule has 1 aromatic rings. The molecular formula is C10H19N5O2S. The Bertz CT molecular complexity index is 369. The molecule has 0 unspecified atom stereocenters. The fraction of sp³-hybridized carbons (Fsp3) is 0.800. The van der Waals surface area contributed by atoms with Gasteiger partial charge in [0.15, 0.2) is 0 Å². The number of nitrogens with one attached hydrogen (secondary N) is 1. The van der Waals surface area contributed by atoms with Gasteiger partial charge in [-0.05, 0) is 30.8 Å². The molecule has 0 saturated heterocycles. The number of hydrogen-bond donors (Lipinski definition) is 1. The smallest absolute Gasteiger partial charge is 0.316 e. The van der Waals surface area contributed by atoms with Gasteiger partial charge >= 0.3 is 5.97 Å². The Labute approximate surface area is 111 Å². The maximum Gasteiger partial charge on any atom is 0.316 e. The Morgan fingerprint density at radius 2 is 2.33 bits per heavy atom. The molecule has 0 bridgehead atoms. The van der Waals surface area contributed by atoms with Crippen LogP contribution in [0.4, 0.5) is 0 Å². The summed E-state index contributed by atoms with van der Waals surface area (Å²) in [5.74, 6) is -0.0315. The highest BCUT2D eigenvalue weighted by Crippen LogP contribution is 2.13. The number of hydrogen-bond acceptors (Lipinski definition) is 7. The van der Waals surface area contributed by atoms with Crippen LogP contribution in [0.3, 0.4) is 0 Å². The van der Waals surface area contributed by atoms with Crippen molar-refractivity contribution in [1.82, 2.24) is 25.5 Å². The van der Waals surface area contributed by atoms with Crippen LogP contribution in [0.15, 0.2) is 5.16 Å². The lowest BCUT2D eigenvalue weighted by Gasteiger charge is -2.07. The molecule has 1 aromatic heterocycles. The number of aromatic nitrogens is 4. The molecule has 0 aliphatic heterocycles. The number of thioether (sulfide) groups is 1. The number of carbonyl (C=O) groups is 1. The van der Waals surface area contributed by atoms with Gasteiger partial charge in [-0.15, -0.1) is 5.10 Å². The fourth-order valence-corrected chi connectivity index (χ4v) is 1.91. The Kier molecular flexibility index (Phi) is 6.66. The van der Waals surface area contributed by atoms with Crippen molar-refractivity contribution in [2.75, 3.05) is 18.8 Å². The van der Waals surface area contributed by atoms with Crippen LogP contribution in [0, 0.1) is 0 Å². The molecule has 0 aliphatic rings. The van der Waals surface area contributed by atoms with Gasteiger partial charge in [0.05, 0.1) is 18.4 Å². The van der Waals surface area contributed by atoms with Crippen molar-refractivity contribution in [3.05, 3.63) is 0 Å². The molecule has 1 rings (SSSR count). The third-order valence-corrected chi connectivity index (χ3v) is 2.87. The SMILES string of the molecule is CCNCCn1nnnc1SCC(=O)OC(C)C. The van der Waals surface area contributed by atoms with Crippen LogP contribution in [0.2, 0.25) is 0 Å². The standard InChI is InChI=1S/C10H19N5O2S/c1-4-11-5-6-15-10(12-13-14-15)18-7-9(16)17-8(2)3/h8,11H,4-7H2,1-3H3. The van der Waals surface area contributed by atoms with Crippen molar-refractivity contribution in [2.24, 2.45) is 0 Å². The van der Waals surface area contributed by atoms with Crippen LogP contribution in [-0.2, 0) is 16.1 Å². The van der Waals surface area contributed by atoms with Gasteiger partial charge in [0.2, 0.25) is 5.16 Å². The van der Waals surface area contributed by atoms with E-state index in [2.05, 4.69) is 20.8 Å². The van der Waals surface area contributed by atoms with Crippen LogP contribution < -0.4 is 5.32 Å². The van der Waals surface area contributed by atoms with Gasteiger partial charge in [0, 0.05) is 6.54 Å². The summed E-state index contributed by atoms with van der Waals surface area (Å²) >= 11 is 1.29. The zero-order chi connectivity index (χ0) is 13.4. The minimum Gasteiger partial charge on any atom is -0.462 e. The van der Waals surface area contributed by atoms with Crippen LogP contribution in [-0.4, -0.2) is 51.1 Å². The predicted molar refractivity (Wildman–Crippen MR) is 68.3 cm³/mol. The van der Waals surface area contributed by atoms with Crippen LogP contribution in [0.25, 0.3) is 0 Å². The van der Waals surface area contributed by atoms with E-state index in [9.17, 15) is 4.79 Å². The zero-order valence-electron chi connectivity index (χ0n) is 10.9. The van der Waals surface area contributed by atoms with E-state index in [0.717, 1.165) is 13.1 Å². The zero-order valence-corrected chi connectivity index (χ0v) is 11.7. The third kappa shape index (κ3) is 5.46. The average molecular weight is 273 g/mol. The highest BCUT2D eigenvalue weighted by atomic mass is 32.2. The molecule has 1 heterocycles. The second kappa shape index (κ2) is 8.04. The van der Waals surface area contributed by atoms with Crippen molar-refractivity contribution < 1.29 is 9.53 Å². The lowest BCUT2D eigenvalue weighted by Crippen LogP contribution is -2.20. The first kappa shape index (κ1) is 14.9. The lowest BCUT2D eigenvalue weighted by molar-refractivity contribution is -0.144. The maximum absolute atomic E-state index is 11.4. The van der Waals surface area contributed by atoms with Crippen molar-refractivity contribution in [1.29, 1.82) is 0 Å². The summed E-state index contributed by atoms with van der Waals surface area (Å²) in [5, 5.41) is 15.2. The number of esters is 1.